The Morgan fingerprint density at radius 1 is 1.03 bits per heavy atom. The molecule has 1 heterocycles. The highest BCUT2D eigenvalue weighted by Gasteiger charge is 2.12. The molecule has 0 bridgehead atoms. The van der Waals surface area contributed by atoms with Crippen LogP contribution in [0.25, 0.3) is 16.9 Å². The van der Waals surface area contributed by atoms with E-state index in [9.17, 15) is 4.79 Å². The summed E-state index contributed by atoms with van der Waals surface area (Å²) in [5.41, 5.74) is 6.32. The van der Waals surface area contributed by atoms with E-state index in [1.807, 2.05) is 60.8 Å². The number of amides is 1. The molecule has 1 aromatic heterocycles. The molecule has 0 saturated carbocycles. The number of rotatable bonds is 6. The SMILES string of the molecule is COc1ccc(-c2nn(-c3ccccc3)cc2/C=N\NC(=O)c2ccc(Cl)cc2)cc1. The van der Waals surface area contributed by atoms with Crippen LogP contribution in [0.5, 0.6) is 5.75 Å². The minimum Gasteiger partial charge on any atom is -0.497 e. The number of hydrazone groups is 1. The molecule has 31 heavy (non-hydrogen) atoms. The van der Waals surface area contributed by atoms with Gasteiger partial charge in [-0.1, -0.05) is 29.8 Å². The largest absolute Gasteiger partial charge is 0.497 e. The Morgan fingerprint density at radius 3 is 2.42 bits per heavy atom. The van der Waals surface area contributed by atoms with Crippen LogP contribution in [0.1, 0.15) is 15.9 Å². The summed E-state index contributed by atoms with van der Waals surface area (Å²) in [6, 6.07) is 24.0. The molecule has 4 rings (SSSR count). The lowest BCUT2D eigenvalue weighted by atomic mass is 10.1. The molecule has 6 nitrogen and oxygen atoms in total. The zero-order valence-electron chi connectivity index (χ0n) is 16.7. The number of hydrogen-bond donors (Lipinski definition) is 1. The van der Waals surface area contributed by atoms with Gasteiger partial charge >= 0.3 is 0 Å². The van der Waals surface area contributed by atoms with Gasteiger partial charge in [0.1, 0.15) is 11.4 Å². The second-order valence-electron chi connectivity index (χ2n) is 6.65. The quantitative estimate of drug-likeness (QED) is 0.347. The summed E-state index contributed by atoms with van der Waals surface area (Å²) in [7, 11) is 1.63. The van der Waals surface area contributed by atoms with Crippen LogP contribution in [0.4, 0.5) is 0 Å². The highest BCUT2D eigenvalue weighted by atomic mass is 35.5. The van der Waals surface area contributed by atoms with Crippen molar-refractivity contribution in [2.45, 2.75) is 0 Å². The zero-order chi connectivity index (χ0) is 21.6. The van der Waals surface area contributed by atoms with Crippen molar-refractivity contribution in [1.82, 2.24) is 15.2 Å². The highest BCUT2D eigenvalue weighted by molar-refractivity contribution is 6.30. The van der Waals surface area contributed by atoms with E-state index in [2.05, 4.69) is 10.5 Å². The number of benzene rings is 3. The summed E-state index contributed by atoms with van der Waals surface area (Å²) in [5.74, 6) is 0.436. The highest BCUT2D eigenvalue weighted by Crippen LogP contribution is 2.25. The molecule has 0 unspecified atom stereocenters. The first kappa shape index (κ1) is 20.4. The number of nitrogens with zero attached hydrogens (tertiary/aromatic N) is 3. The number of carbonyl (C=O) groups is 1. The summed E-state index contributed by atoms with van der Waals surface area (Å²) < 4.78 is 7.02. The van der Waals surface area contributed by atoms with Crippen LogP contribution in [0.2, 0.25) is 5.02 Å². The van der Waals surface area contributed by atoms with Crippen LogP contribution < -0.4 is 10.2 Å². The van der Waals surface area contributed by atoms with Crippen LogP contribution in [-0.4, -0.2) is 29.0 Å². The van der Waals surface area contributed by atoms with Crippen molar-refractivity contribution in [2.75, 3.05) is 7.11 Å². The topological polar surface area (TPSA) is 68.5 Å². The standard InChI is InChI=1S/C24H19ClN4O2/c1-31-22-13-9-17(10-14-22)23-19(16-29(28-23)21-5-3-2-4-6-21)15-26-27-24(30)18-7-11-20(25)12-8-18/h2-16H,1H3,(H,27,30)/b26-15-. The molecule has 7 heteroatoms. The first-order valence-corrected chi connectivity index (χ1v) is 9.90. The van der Waals surface area contributed by atoms with Gasteiger partial charge in [-0.3, -0.25) is 4.79 Å². The van der Waals surface area contributed by atoms with E-state index in [1.54, 1.807) is 42.3 Å². The normalized spacial score (nSPS) is 10.9. The lowest BCUT2D eigenvalue weighted by molar-refractivity contribution is 0.0955. The van der Waals surface area contributed by atoms with Crippen molar-refractivity contribution in [2.24, 2.45) is 5.10 Å². The lowest BCUT2D eigenvalue weighted by Crippen LogP contribution is -2.17. The zero-order valence-corrected chi connectivity index (χ0v) is 17.5. The number of carbonyl (C=O) groups excluding carboxylic acids is 1. The third-order valence-electron chi connectivity index (χ3n) is 4.60. The molecule has 0 saturated heterocycles. The smallest absolute Gasteiger partial charge is 0.271 e. The molecule has 0 atom stereocenters. The Balaban J connectivity index is 1.63. The van der Waals surface area contributed by atoms with Crippen LogP contribution in [0.3, 0.4) is 0 Å². The summed E-state index contributed by atoms with van der Waals surface area (Å²) in [6.45, 7) is 0. The van der Waals surface area contributed by atoms with Crippen molar-refractivity contribution in [3.05, 3.63) is 101 Å². The van der Waals surface area contributed by atoms with Gasteiger partial charge in [0.2, 0.25) is 0 Å². The number of hydrogen-bond acceptors (Lipinski definition) is 4. The predicted molar refractivity (Wildman–Crippen MR) is 122 cm³/mol. The van der Waals surface area contributed by atoms with Gasteiger partial charge in [-0.25, -0.2) is 10.1 Å². The predicted octanol–water partition coefficient (Wildman–Crippen LogP) is 4.97. The van der Waals surface area contributed by atoms with Gasteiger partial charge in [0, 0.05) is 27.9 Å². The van der Waals surface area contributed by atoms with Gasteiger partial charge < -0.3 is 4.74 Å². The van der Waals surface area contributed by atoms with Crippen LogP contribution in [0, 0.1) is 0 Å². The molecular formula is C24H19ClN4O2. The maximum absolute atomic E-state index is 12.3. The molecule has 1 N–H and O–H groups in total. The fourth-order valence-electron chi connectivity index (χ4n) is 2.99. The molecule has 0 aliphatic carbocycles. The van der Waals surface area contributed by atoms with E-state index < -0.39 is 0 Å². The van der Waals surface area contributed by atoms with Gasteiger partial charge in [0.05, 0.1) is 19.0 Å². The van der Waals surface area contributed by atoms with E-state index in [4.69, 9.17) is 21.4 Å². The number of halogens is 1. The third kappa shape index (κ3) is 4.82. The summed E-state index contributed by atoms with van der Waals surface area (Å²) in [6.07, 6.45) is 3.45. The van der Waals surface area contributed by atoms with E-state index in [0.717, 1.165) is 28.3 Å². The molecular weight excluding hydrogens is 412 g/mol. The second kappa shape index (κ2) is 9.28. The summed E-state index contributed by atoms with van der Waals surface area (Å²) in [4.78, 5) is 12.3. The summed E-state index contributed by atoms with van der Waals surface area (Å²) >= 11 is 5.87. The number of ether oxygens (including phenoxy) is 1. The first-order chi connectivity index (χ1) is 15.1. The molecule has 1 amide bonds. The van der Waals surface area contributed by atoms with Gasteiger partial charge in [0.25, 0.3) is 5.91 Å². The van der Waals surface area contributed by atoms with Crippen molar-refractivity contribution >= 4 is 23.7 Å². The lowest BCUT2D eigenvalue weighted by Gasteiger charge is -2.03. The fourth-order valence-corrected chi connectivity index (χ4v) is 3.12. The monoisotopic (exact) mass is 430 g/mol. The van der Waals surface area contributed by atoms with Crippen LogP contribution in [-0.2, 0) is 0 Å². The minimum atomic E-state index is -0.325. The van der Waals surface area contributed by atoms with Crippen molar-refractivity contribution in [3.63, 3.8) is 0 Å². The summed E-state index contributed by atoms with van der Waals surface area (Å²) in [5, 5.41) is 9.43. The van der Waals surface area contributed by atoms with E-state index in [-0.39, 0.29) is 5.91 Å². The van der Waals surface area contributed by atoms with Crippen molar-refractivity contribution in [3.8, 4) is 22.7 Å². The molecule has 0 aliphatic rings. The Morgan fingerprint density at radius 2 is 1.74 bits per heavy atom. The van der Waals surface area contributed by atoms with Gasteiger partial charge in [-0.05, 0) is 60.7 Å². The fraction of sp³-hybridized carbons (Fsp3) is 0.0417. The van der Waals surface area contributed by atoms with Gasteiger partial charge in [0.15, 0.2) is 0 Å². The number of methoxy groups -OCH3 is 1. The minimum absolute atomic E-state index is 0.325. The number of para-hydroxylation sites is 1. The van der Waals surface area contributed by atoms with Crippen LogP contribution in [0.15, 0.2) is 90.2 Å². The van der Waals surface area contributed by atoms with E-state index in [0.29, 0.717) is 10.6 Å². The van der Waals surface area contributed by atoms with E-state index >= 15 is 0 Å². The molecule has 0 fully saturated rings. The molecule has 154 valence electrons. The Hall–Kier alpha value is -3.90. The third-order valence-corrected chi connectivity index (χ3v) is 4.85. The molecule has 4 aromatic rings. The molecule has 3 aromatic carbocycles. The molecule has 0 radical (unpaired) electrons. The maximum atomic E-state index is 12.3. The van der Waals surface area contributed by atoms with E-state index in [1.165, 1.54) is 0 Å². The van der Waals surface area contributed by atoms with Gasteiger partial charge in [-0.2, -0.15) is 10.2 Å². The first-order valence-electron chi connectivity index (χ1n) is 9.52. The average Bonchev–Trinajstić information content (AvgIpc) is 3.24. The van der Waals surface area contributed by atoms with Crippen molar-refractivity contribution in [1.29, 1.82) is 0 Å². The van der Waals surface area contributed by atoms with Crippen molar-refractivity contribution < 1.29 is 9.53 Å². The Kier molecular flexibility index (Phi) is 6.10. The Labute approximate surface area is 184 Å². The van der Waals surface area contributed by atoms with Gasteiger partial charge in [-0.15, -0.1) is 0 Å². The Bertz CT molecular complexity index is 1200. The maximum Gasteiger partial charge on any atom is 0.271 e. The average molecular weight is 431 g/mol. The van der Waals surface area contributed by atoms with Crippen LogP contribution >= 0.6 is 11.6 Å². The molecule has 0 spiro atoms. The number of aromatic nitrogens is 2. The second-order valence-corrected chi connectivity index (χ2v) is 7.08. The molecule has 0 aliphatic heterocycles. The number of nitrogens with one attached hydrogen (secondary N) is 1.